The van der Waals surface area contributed by atoms with E-state index in [0.29, 0.717) is 0 Å². The maximum absolute atomic E-state index is 14.1. The molecule has 0 heterocycles. The summed E-state index contributed by atoms with van der Waals surface area (Å²) in [6, 6.07) is 0. The molecule has 21 heavy (non-hydrogen) atoms. The van der Waals surface area contributed by atoms with Gasteiger partial charge < -0.3 is 5.11 Å². The lowest BCUT2D eigenvalue weighted by atomic mass is 9.48. The molecule has 0 aromatic carbocycles. The third-order valence-electron chi connectivity index (χ3n) is 5.64. The van der Waals surface area contributed by atoms with Gasteiger partial charge in [0.15, 0.2) is 0 Å². The first kappa shape index (κ1) is 15.4. The van der Waals surface area contributed by atoms with Gasteiger partial charge in [-0.2, -0.15) is 30.7 Å². The summed E-state index contributed by atoms with van der Waals surface area (Å²) in [5.41, 5.74) is -3.26. The summed E-state index contributed by atoms with van der Waals surface area (Å²) >= 11 is 0. The van der Waals surface area contributed by atoms with Gasteiger partial charge in [0.1, 0.15) is 5.60 Å². The first-order valence-corrected chi connectivity index (χ1v) is 6.96. The van der Waals surface area contributed by atoms with E-state index in [0.717, 1.165) is 6.42 Å². The molecule has 4 aliphatic rings. The van der Waals surface area contributed by atoms with Crippen LogP contribution in [0.15, 0.2) is 0 Å². The van der Waals surface area contributed by atoms with Crippen LogP contribution in [-0.2, 0) is 0 Å². The van der Waals surface area contributed by atoms with E-state index >= 15 is 0 Å². The quantitative estimate of drug-likeness (QED) is 0.762. The molecule has 0 amide bonds. The van der Waals surface area contributed by atoms with E-state index in [4.69, 9.17) is 0 Å². The number of alkyl halides is 7. The summed E-state index contributed by atoms with van der Waals surface area (Å²) in [4.78, 5) is 0. The number of hydrogen-bond acceptors (Lipinski definition) is 1. The van der Waals surface area contributed by atoms with E-state index in [-0.39, 0.29) is 37.5 Å². The molecule has 4 aliphatic carbocycles. The molecule has 122 valence electrons. The fourth-order valence-corrected chi connectivity index (χ4v) is 4.84. The van der Waals surface area contributed by atoms with E-state index < -0.39 is 35.5 Å². The Morgan fingerprint density at radius 2 is 1.10 bits per heavy atom. The van der Waals surface area contributed by atoms with Crippen molar-refractivity contribution in [3.05, 3.63) is 0 Å². The van der Waals surface area contributed by atoms with E-state index in [1.54, 1.807) is 0 Å². The van der Waals surface area contributed by atoms with Gasteiger partial charge in [0.25, 0.3) is 0 Å². The smallest absolute Gasteiger partial charge is 0.383 e. The molecule has 4 fully saturated rings. The SMILES string of the molecule is OC1(C(F)(F)C(F)(F)C(F)(F)F)C2CC3CC(C2)CC1C3. The van der Waals surface area contributed by atoms with Crippen LogP contribution in [0.2, 0.25) is 0 Å². The zero-order valence-corrected chi connectivity index (χ0v) is 10.9. The van der Waals surface area contributed by atoms with Crippen LogP contribution >= 0.6 is 0 Å². The van der Waals surface area contributed by atoms with E-state index in [1.165, 1.54) is 0 Å². The van der Waals surface area contributed by atoms with Gasteiger partial charge in [-0.05, 0) is 55.8 Å². The van der Waals surface area contributed by atoms with Crippen LogP contribution in [0, 0.1) is 23.7 Å². The second-order valence-corrected chi connectivity index (χ2v) is 6.78. The van der Waals surface area contributed by atoms with Crippen molar-refractivity contribution in [3.8, 4) is 0 Å². The molecule has 0 aromatic heterocycles. The van der Waals surface area contributed by atoms with E-state index in [9.17, 15) is 35.8 Å². The van der Waals surface area contributed by atoms with Crippen molar-refractivity contribution in [2.75, 3.05) is 0 Å². The van der Waals surface area contributed by atoms with Crippen molar-refractivity contribution in [1.29, 1.82) is 0 Å². The molecular formula is C13H15F7O. The molecule has 0 radical (unpaired) electrons. The van der Waals surface area contributed by atoms with Crippen molar-refractivity contribution < 1.29 is 35.8 Å². The van der Waals surface area contributed by atoms with Crippen LogP contribution in [-0.4, -0.2) is 28.7 Å². The maximum atomic E-state index is 14.1. The molecule has 0 saturated heterocycles. The van der Waals surface area contributed by atoms with Gasteiger partial charge in [0.2, 0.25) is 0 Å². The Bertz CT molecular complexity index is 414. The fourth-order valence-electron chi connectivity index (χ4n) is 4.84. The minimum absolute atomic E-state index is 0.0584. The Labute approximate surface area is 116 Å². The number of hydrogen-bond donors (Lipinski definition) is 1. The van der Waals surface area contributed by atoms with Crippen molar-refractivity contribution in [3.63, 3.8) is 0 Å². The lowest BCUT2D eigenvalue weighted by Crippen LogP contribution is -2.73. The Morgan fingerprint density at radius 3 is 1.43 bits per heavy atom. The van der Waals surface area contributed by atoms with Crippen molar-refractivity contribution in [1.82, 2.24) is 0 Å². The summed E-state index contributed by atoms with van der Waals surface area (Å²) in [6.45, 7) is 0. The molecule has 1 nitrogen and oxygen atoms in total. The highest BCUT2D eigenvalue weighted by molar-refractivity contribution is 5.16. The van der Waals surface area contributed by atoms with Gasteiger partial charge >= 0.3 is 18.0 Å². The first-order chi connectivity index (χ1) is 9.41. The summed E-state index contributed by atoms with van der Waals surface area (Å²) < 4.78 is 92.0. The summed E-state index contributed by atoms with van der Waals surface area (Å²) in [5.74, 6) is -14.0. The third kappa shape index (κ3) is 1.74. The largest absolute Gasteiger partial charge is 0.459 e. The lowest BCUT2D eigenvalue weighted by Gasteiger charge is -2.61. The second-order valence-electron chi connectivity index (χ2n) is 6.78. The zero-order chi connectivity index (χ0) is 15.8. The molecule has 1 N–H and O–H groups in total. The van der Waals surface area contributed by atoms with Gasteiger partial charge in [-0.25, -0.2) is 0 Å². The number of rotatable bonds is 2. The molecule has 0 aromatic rings. The predicted molar refractivity (Wildman–Crippen MR) is 57.9 cm³/mol. The highest BCUT2D eigenvalue weighted by Gasteiger charge is 2.83. The molecule has 4 saturated carbocycles. The van der Waals surface area contributed by atoms with Crippen LogP contribution in [0.5, 0.6) is 0 Å². The molecule has 0 spiro atoms. The van der Waals surface area contributed by atoms with Crippen molar-refractivity contribution in [2.24, 2.45) is 23.7 Å². The molecular weight excluding hydrogens is 305 g/mol. The monoisotopic (exact) mass is 320 g/mol. The topological polar surface area (TPSA) is 20.2 Å². The Hall–Kier alpha value is -0.530. The van der Waals surface area contributed by atoms with Crippen LogP contribution in [0.1, 0.15) is 32.1 Å². The Morgan fingerprint density at radius 1 is 0.714 bits per heavy atom. The van der Waals surface area contributed by atoms with E-state index in [1.807, 2.05) is 0 Å². The average molecular weight is 320 g/mol. The first-order valence-electron chi connectivity index (χ1n) is 6.96. The van der Waals surface area contributed by atoms with Crippen LogP contribution in [0.4, 0.5) is 30.7 Å². The molecule has 8 heteroatoms. The normalized spacial score (nSPS) is 43.4. The number of aliphatic hydroxyl groups is 1. The van der Waals surface area contributed by atoms with Gasteiger partial charge in [-0.3, -0.25) is 0 Å². The Balaban J connectivity index is 2.02. The predicted octanol–water partition coefficient (Wildman–Crippen LogP) is 4.01. The molecule has 4 rings (SSSR count). The van der Waals surface area contributed by atoms with Crippen molar-refractivity contribution >= 4 is 0 Å². The maximum Gasteiger partial charge on any atom is 0.459 e. The van der Waals surface area contributed by atoms with Gasteiger partial charge in [0.05, 0.1) is 0 Å². The highest BCUT2D eigenvalue weighted by Crippen LogP contribution is 2.65. The molecule has 0 aliphatic heterocycles. The minimum Gasteiger partial charge on any atom is -0.383 e. The second kappa shape index (κ2) is 4.06. The standard InChI is InChI=1S/C13H15F7O/c14-11(15,12(16,17)13(18,19)20)10(21)8-2-6-1-7(4-8)5-9(10)3-6/h6-9,21H,1-5H2. The Kier molecular flexibility index (Phi) is 2.97. The van der Waals surface area contributed by atoms with Crippen LogP contribution < -0.4 is 0 Å². The minimum atomic E-state index is -6.39. The molecule has 4 bridgehead atoms. The zero-order valence-electron chi connectivity index (χ0n) is 10.9. The van der Waals surface area contributed by atoms with Crippen LogP contribution in [0.25, 0.3) is 0 Å². The van der Waals surface area contributed by atoms with Crippen molar-refractivity contribution in [2.45, 2.75) is 55.7 Å². The van der Waals surface area contributed by atoms with Gasteiger partial charge in [-0.15, -0.1) is 0 Å². The molecule has 0 atom stereocenters. The number of halogens is 7. The highest BCUT2D eigenvalue weighted by atomic mass is 19.4. The van der Waals surface area contributed by atoms with Gasteiger partial charge in [0, 0.05) is 0 Å². The summed E-state index contributed by atoms with van der Waals surface area (Å²) in [5, 5.41) is 10.3. The van der Waals surface area contributed by atoms with Crippen LogP contribution in [0.3, 0.4) is 0 Å². The van der Waals surface area contributed by atoms with Gasteiger partial charge in [-0.1, -0.05) is 0 Å². The lowest BCUT2D eigenvalue weighted by molar-refractivity contribution is -0.411. The fraction of sp³-hybridized carbons (Fsp3) is 1.00. The average Bonchev–Trinajstić information content (AvgIpc) is 2.32. The summed E-state index contributed by atoms with van der Waals surface area (Å²) in [6.07, 6.45) is -5.18. The molecule has 0 unspecified atom stereocenters. The summed E-state index contributed by atoms with van der Waals surface area (Å²) in [7, 11) is 0. The third-order valence-corrected chi connectivity index (χ3v) is 5.64. The van der Waals surface area contributed by atoms with E-state index in [2.05, 4.69) is 0 Å².